The van der Waals surface area contributed by atoms with E-state index in [-0.39, 0.29) is 5.82 Å². The van der Waals surface area contributed by atoms with Crippen molar-refractivity contribution in [3.8, 4) is 0 Å². The van der Waals surface area contributed by atoms with E-state index in [1.54, 1.807) is 6.07 Å². The maximum absolute atomic E-state index is 13.5. The highest BCUT2D eigenvalue weighted by Gasteiger charge is 2.28. The number of likely N-dealkylation sites (tertiary alicyclic amines) is 1. The Morgan fingerprint density at radius 3 is 2.95 bits per heavy atom. The minimum atomic E-state index is -0.127. The Morgan fingerprint density at radius 1 is 1.37 bits per heavy atom. The second-order valence-corrected chi connectivity index (χ2v) is 5.54. The summed E-state index contributed by atoms with van der Waals surface area (Å²) in [4.78, 5) is 2.39. The van der Waals surface area contributed by atoms with E-state index in [0.717, 1.165) is 25.2 Å². The summed E-state index contributed by atoms with van der Waals surface area (Å²) in [6.45, 7) is 5.25. The fraction of sp³-hybridized carbons (Fsp3) is 0.625. The van der Waals surface area contributed by atoms with Gasteiger partial charge < -0.3 is 5.32 Å². The molecule has 2 unspecified atom stereocenters. The molecule has 2 atom stereocenters. The van der Waals surface area contributed by atoms with Crippen molar-refractivity contribution in [2.75, 3.05) is 26.7 Å². The van der Waals surface area contributed by atoms with E-state index in [1.165, 1.54) is 25.3 Å². The van der Waals surface area contributed by atoms with Crippen molar-refractivity contribution < 1.29 is 4.39 Å². The zero-order valence-electron chi connectivity index (χ0n) is 12.0. The largest absolute Gasteiger partial charge is 0.317 e. The molecule has 19 heavy (non-hydrogen) atoms. The molecule has 2 nitrogen and oxygen atoms in total. The lowest BCUT2D eigenvalue weighted by molar-refractivity contribution is 0.189. The quantitative estimate of drug-likeness (QED) is 0.898. The Hall–Kier alpha value is -0.930. The topological polar surface area (TPSA) is 15.3 Å². The lowest BCUT2D eigenvalue weighted by Gasteiger charge is -2.33. The monoisotopic (exact) mass is 264 g/mol. The number of hydrogen-bond acceptors (Lipinski definition) is 2. The van der Waals surface area contributed by atoms with Crippen LogP contribution in [-0.4, -0.2) is 31.6 Å². The molecule has 0 saturated carbocycles. The SMILES string of the molecule is CCNCC1CCCCN(C)C1c1cccc(F)c1. The lowest BCUT2D eigenvalue weighted by atomic mass is 9.89. The Balaban J connectivity index is 2.23. The highest BCUT2D eigenvalue weighted by Crippen LogP contribution is 2.34. The minimum Gasteiger partial charge on any atom is -0.317 e. The van der Waals surface area contributed by atoms with Crippen molar-refractivity contribution in [1.82, 2.24) is 10.2 Å². The van der Waals surface area contributed by atoms with E-state index < -0.39 is 0 Å². The van der Waals surface area contributed by atoms with Gasteiger partial charge in [0.1, 0.15) is 5.82 Å². The second-order valence-electron chi connectivity index (χ2n) is 5.54. The van der Waals surface area contributed by atoms with E-state index in [4.69, 9.17) is 0 Å². The molecule has 2 rings (SSSR count). The molecule has 0 aromatic heterocycles. The Labute approximate surface area is 116 Å². The first-order valence-corrected chi connectivity index (χ1v) is 7.38. The summed E-state index contributed by atoms with van der Waals surface area (Å²) in [7, 11) is 2.17. The number of nitrogens with zero attached hydrogens (tertiary/aromatic N) is 1. The van der Waals surface area contributed by atoms with E-state index in [1.807, 2.05) is 6.07 Å². The Kier molecular flexibility index (Phi) is 5.34. The average Bonchev–Trinajstić information content (AvgIpc) is 2.58. The van der Waals surface area contributed by atoms with Crippen LogP contribution in [-0.2, 0) is 0 Å². The summed E-state index contributed by atoms with van der Waals surface area (Å²) >= 11 is 0. The van der Waals surface area contributed by atoms with E-state index >= 15 is 0 Å². The first kappa shape index (κ1) is 14.5. The van der Waals surface area contributed by atoms with Gasteiger partial charge >= 0.3 is 0 Å². The molecule has 0 amide bonds. The zero-order valence-corrected chi connectivity index (χ0v) is 12.0. The summed E-state index contributed by atoms with van der Waals surface area (Å²) in [5.74, 6) is 0.437. The smallest absolute Gasteiger partial charge is 0.123 e. The van der Waals surface area contributed by atoms with Gasteiger partial charge in [-0.05, 0) is 63.1 Å². The van der Waals surface area contributed by atoms with Crippen LogP contribution in [0.15, 0.2) is 24.3 Å². The molecule has 1 aliphatic rings. The number of nitrogens with one attached hydrogen (secondary N) is 1. The van der Waals surface area contributed by atoms with Crippen LogP contribution in [0.2, 0.25) is 0 Å². The minimum absolute atomic E-state index is 0.127. The van der Waals surface area contributed by atoms with Crippen LogP contribution < -0.4 is 5.32 Å². The normalized spacial score (nSPS) is 25.2. The number of halogens is 1. The van der Waals surface area contributed by atoms with Gasteiger partial charge in [-0.15, -0.1) is 0 Å². The molecule has 1 saturated heterocycles. The van der Waals surface area contributed by atoms with Gasteiger partial charge in [0.2, 0.25) is 0 Å². The van der Waals surface area contributed by atoms with Gasteiger partial charge in [0.05, 0.1) is 0 Å². The van der Waals surface area contributed by atoms with Crippen molar-refractivity contribution in [2.45, 2.75) is 32.2 Å². The molecule has 0 radical (unpaired) electrons. The summed E-state index contributed by atoms with van der Waals surface area (Å²) in [6, 6.07) is 7.45. The summed E-state index contributed by atoms with van der Waals surface area (Å²) in [6.07, 6.45) is 3.73. The van der Waals surface area contributed by atoms with E-state index in [9.17, 15) is 4.39 Å². The van der Waals surface area contributed by atoms with Gasteiger partial charge in [0.25, 0.3) is 0 Å². The van der Waals surface area contributed by atoms with Crippen molar-refractivity contribution in [2.24, 2.45) is 5.92 Å². The first-order chi connectivity index (χ1) is 9.22. The van der Waals surface area contributed by atoms with Crippen LogP contribution in [0.3, 0.4) is 0 Å². The summed E-state index contributed by atoms with van der Waals surface area (Å²) in [5, 5.41) is 3.46. The summed E-state index contributed by atoms with van der Waals surface area (Å²) in [5.41, 5.74) is 1.12. The Morgan fingerprint density at radius 2 is 2.21 bits per heavy atom. The van der Waals surface area contributed by atoms with Gasteiger partial charge in [-0.2, -0.15) is 0 Å². The molecule has 0 spiro atoms. The molecule has 1 aromatic carbocycles. The van der Waals surface area contributed by atoms with Crippen LogP contribution >= 0.6 is 0 Å². The first-order valence-electron chi connectivity index (χ1n) is 7.38. The number of benzene rings is 1. The van der Waals surface area contributed by atoms with Crippen LogP contribution in [0.1, 0.15) is 37.8 Å². The highest BCUT2D eigenvalue weighted by atomic mass is 19.1. The molecule has 0 aliphatic carbocycles. The third-order valence-electron chi connectivity index (χ3n) is 4.10. The van der Waals surface area contributed by atoms with Crippen LogP contribution in [0.5, 0.6) is 0 Å². The molecule has 1 N–H and O–H groups in total. The van der Waals surface area contributed by atoms with Crippen molar-refractivity contribution in [3.05, 3.63) is 35.6 Å². The van der Waals surface area contributed by atoms with Crippen molar-refractivity contribution in [3.63, 3.8) is 0 Å². The molecule has 1 fully saturated rings. The van der Waals surface area contributed by atoms with Gasteiger partial charge in [0.15, 0.2) is 0 Å². The van der Waals surface area contributed by atoms with Crippen LogP contribution in [0.4, 0.5) is 4.39 Å². The van der Waals surface area contributed by atoms with Gasteiger partial charge in [0, 0.05) is 6.04 Å². The Bertz CT molecular complexity index is 394. The van der Waals surface area contributed by atoms with Crippen LogP contribution in [0, 0.1) is 11.7 Å². The maximum atomic E-state index is 13.5. The molecule has 3 heteroatoms. The fourth-order valence-electron chi connectivity index (χ4n) is 3.19. The predicted octanol–water partition coefficient (Wildman–Crippen LogP) is 3.21. The molecule has 1 aromatic rings. The second kappa shape index (κ2) is 7.01. The third-order valence-corrected chi connectivity index (χ3v) is 4.10. The standard InChI is InChI=1S/C16H25FN2/c1-3-18-12-14-7-4-5-10-19(2)16(14)13-8-6-9-15(17)11-13/h6,8-9,11,14,16,18H,3-5,7,10,12H2,1-2H3. The molecule has 0 bridgehead atoms. The van der Waals surface area contributed by atoms with E-state index in [0.29, 0.717) is 12.0 Å². The van der Waals surface area contributed by atoms with Crippen molar-refractivity contribution in [1.29, 1.82) is 0 Å². The van der Waals surface area contributed by atoms with E-state index in [2.05, 4.69) is 30.3 Å². The number of rotatable bonds is 4. The fourth-order valence-corrected chi connectivity index (χ4v) is 3.19. The molecule has 1 heterocycles. The highest BCUT2D eigenvalue weighted by molar-refractivity contribution is 5.21. The molecular formula is C16H25FN2. The average molecular weight is 264 g/mol. The predicted molar refractivity (Wildman–Crippen MR) is 77.7 cm³/mol. The van der Waals surface area contributed by atoms with Crippen LogP contribution in [0.25, 0.3) is 0 Å². The van der Waals surface area contributed by atoms with Gasteiger partial charge in [-0.3, -0.25) is 4.90 Å². The summed E-state index contributed by atoms with van der Waals surface area (Å²) < 4.78 is 13.5. The van der Waals surface area contributed by atoms with Gasteiger partial charge in [-0.25, -0.2) is 4.39 Å². The zero-order chi connectivity index (χ0) is 13.7. The number of hydrogen-bond donors (Lipinski definition) is 1. The molecular weight excluding hydrogens is 239 g/mol. The maximum Gasteiger partial charge on any atom is 0.123 e. The third kappa shape index (κ3) is 3.77. The van der Waals surface area contributed by atoms with Crippen molar-refractivity contribution >= 4 is 0 Å². The lowest BCUT2D eigenvalue weighted by Crippen LogP contribution is -2.34. The molecule has 1 aliphatic heterocycles. The molecule has 106 valence electrons. The van der Waals surface area contributed by atoms with Gasteiger partial charge in [-0.1, -0.05) is 25.5 Å².